The first-order chi connectivity index (χ1) is 16.9. The summed E-state index contributed by atoms with van der Waals surface area (Å²) in [7, 11) is 1.37. The number of aliphatic hydroxyl groups excluding tert-OH is 1. The molecule has 0 amide bonds. The first kappa shape index (κ1) is 24.7. The van der Waals surface area contributed by atoms with Gasteiger partial charge in [0.1, 0.15) is 17.2 Å². The van der Waals surface area contributed by atoms with E-state index in [0.717, 1.165) is 0 Å². The van der Waals surface area contributed by atoms with Crippen LogP contribution in [0, 0.1) is 0 Å². The normalized spacial score (nSPS) is 31.4. The lowest BCUT2D eigenvalue weighted by Gasteiger charge is -2.41. The fourth-order valence-electron chi connectivity index (χ4n) is 5.57. The van der Waals surface area contributed by atoms with Gasteiger partial charge < -0.3 is 40.4 Å². The van der Waals surface area contributed by atoms with Crippen molar-refractivity contribution in [3.8, 4) is 17.2 Å². The van der Waals surface area contributed by atoms with E-state index in [1.165, 1.54) is 19.2 Å². The predicted molar refractivity (Wildman–Crippen MR) is 125 cm³/mol. The van der Waals surface area contributed by atoms with Gasteiger partial charge in [-0.1, -0.05) is 12.1 Å². The molecule has 6 N–H and O–H groups in total. The summed E-state index contributed by atoms with van der Waals surface area (Å²) in [4.78, 5) is 27.0. The molecule has 2 aromatic rings. The molecule has 0 aromatic heterocycles. The molecule has 2 aromatic carbocycles. The van der Waals surface area contributed by atoms with Crippen LogP contribution in [0.2, 0.25) is 0 Å². The van der Waals surface area contributed by atoms with Crippen molar-refractivity contribution in [3.05, 3.63) is 51.6 Å². The second-order valence-corrected chi connectivity index (χ2v) is 10.0. The van der Waals surface area contributed by atoms with E-state index in [2.05, 4.69) is 0 Å². The van der Waals surface area contributed by atoms with Crippen LogP contribution in [0.25, 0.3) is 0 Å². The lowest BCUT2D eigenvalue weighted by Crippen LogP contribution is -2.52. The number of phenols is 2. The second kappa shape index (κ2) is 8.53. The van der Waals surface area contributed by atoms with Gasteiger partial charge in [-0.25, -0.2) is 0 Å². The number of hydrogen-bond donors (Lipinski definition) is 5. The smallest absolute Gasteiger partial charge is 0.202 e. The average Bonchev–Trinajstić information content (AvgIpc) is 2.81. The van der Waals surface area contributed by atoms with Crippen molar-refractivity contribution >= 4 is 11.6 Å². The van der Waals surface area contributed by atoms with Crippen molar-refractivity contribution < 1.29 is 44.2 Å². The number of ether oxygens (including phenoxy) is 3. The summed E-state index contributed by atoms with van der Waals surface area (Å²) in [6.07, 6.45) is -3.28. The maximum atomic E-state index is 13.6. The highest BCUT2D eigenvalue weighted by Gasteiger charge is 2.46. The first-order valence-electron chi connectivity index (χ1n) is 11.8. The van der Waals surface area contributed by atoms with Crippen molar-refractivity contribution in [2.45, 2.75) is 69.4 Å². The lowest BCUT2D eigenvalue weighted by molar-refractivity contribution is -0.247. The molecule has 36 heavy (non-hydrogen) atoms. The number of ketones is 2. The van der Waals surface area contributed by atoms with Gasteiger partial charge in [0, 0.05) is 42.0 Å². The number of hydrogen-bond acceptors (Lipinski definition) is 10. The minimum Gasteiger partial charge on any atom is -0.507 e. The molecule has 10 heteroatoms. The van der Waals surface area contributed by atoms with Gasteiger partial charge in [0.25, 0.3) is 0 Å². The molecule has 6 atom stereocenters. The average molecular weight is 500 g/mol. The van der Waals surface area contributed by atoms with Crippen molar-refractivity contribution in [2.75, 3.05) is 7.11 Å². The van der Waals surface area contributed by atoms with Crippen LogP contribution in [0.1, 0.15) is 75.8 Å². The molecule has 0 bridgehead atoms. The lowest BCUT2D eigenvalue weighted by atomic mass is 9.73. The zero-order valence-electron chi connectivity index (χ0n) is 20.1. The van der Waals surface area contributed by atoms with Crippen LogP contribution in [0.3, 0.4) is 0 Å². The number of aromatic hydroxyl groups is 2. The number of benzene rings is 2. The number of carbonyl (C=O) groups excluding carboxylic acids is 2. The van der Waals surface area contributed by atoms with Crippen molar-refractivity contribution in [1.29, 1.82) is 0 Å². The predicted octanol–water partition coefficient (Wildman–Crippen LogP) is 1.46. The van der Waals surface area contributed by atoms with Gasteiger partial charge in [-0.2, -0.15) is 0 Å². The van der Waals surface area contributed by atoms with Crippen LogP contribution >= 0.6 is 0 Å². The summed E-state index contributed by atoms with van der Waals surface area (Å²) in [5.41, 5.74) is 4.27. The molecule has 10 nitrogen and oxygen atoms in total. The number of phenolic OH excluding ortho intramolecular Hbond substituents is 2. The Kier molecular flexibility index (Phi) is 5.85. The Morgan fingerprint density at radius 3 is 2.47 bits per heavy atom. The molecule has 5 rings (SSSR count). The van der Waals surface area contributed by atoms with Crippen LogP contribution < -0.4 is 10.5 Å². The van der Waals surface area contributed by atoms with E-state index in [1.54, 1.807) is 19.9 Å². The number of rotatable bonds is 3. The highest BCUT2D eigenvalue weighted by Crippen LogP contribution is 2.52. The largest absolute Gasteiger partial charge is 0.507 e. The minimum atomic E-state index is -1.36. The molecular formula is C26H29NO9. The van der Waals surface area contributed by atoms with Crippen LogP contribution in [-0.2, 0) is 15.9 Å². The molecule has 0 spiro atoms. The molecule has 1 aliphatic heterocycles. The van der Waals surface area contributed by atoms with Gasteiger partial charge >= 0.3 is 0 Å². The topological polar surface area (TPSA) is 169 Å². The molecule has 192 valence electrons. The summed E-state index contributed by atoms with van der Waals surface area (Å²) < 4.78 is 17.1. The van der Waals surface area contributed by atoms with Crippen LogP contribution in [0.4, 0.5) is 0 Å². The Morgan fingerprint density at radius 2 is 1.81 bits per heavy atom. The van der Waals surface area contributed by atoms with Crippen LogP contribution in [0.5, 0.6) is 17.2 Å². The Labute approximate surface area is 207 Å². The number of methoxy groups -OCH3 is 1. The minimum absolute atomic E-state index is 0.00294. The molecule has 0 radical (unpaired) electrons. The monoisotopic (exact) mass is 499 g/mol. The number of fused-ring (bicyclic) bond motifs is 3. The molecule has 1 heterocycles. The third kappa shape index (κ3) is 3.68. The van der Waals surface area contributed by atoms with Gasteiger partial charge in [0.15, 0.2) is 12.1 Å². The zero-order chi connectivity index (χ0) is 26.1. The molecule has 1 saturated heterocycles. The molecule has 0 saturated carbocycles. The van der Waals surface area contributed by atoms with Crippen molar-refractivity contribution in [1.82, 2.24) is 0 Å². The van der Waals surface area contributed by atoms with Crippen molar-refractivity contribution in [2.24, 2.45) is 5.73 Å². The third-order valence-corrected chi connectivity index (χ3v) is 7.33. The quantitative estimate of drug-likeness (QED) is 0.333. The van der Waals surface area contributed by atoms with Crippen molar-refractivity contribution in [3.63, 3.8) is 0 Å². The Balaban J connectivity index is 1.65. The first-order valence-corrected chi connectivity index (χ1v) is 11.8. The summed E-state index contributed by atoms with van der Waals surface area (Å²) in [6, 6.07) is 3.94. The number of nitrogens with two attached hydrogens (primary N) is 1. The van der Waals surface area contributed by atoms with Gasteiger partial charge in [-0.3, -0.25) is 9.59 Å². The molecule has 0 unspecified atom stereocenters. The maximum Gasteiger partial charge on any atom is 0.202 e. The van der Waals surface area contributed by atoms with E-state index < -0.39 is 59.3 Å². The fourth-order valence-corrected chi connectivity index (χ4v) is 5.57. The second-order valence-electron chi connectivity index (χ2n) is 10.0. The van der Waals surface area contributed by atoms with Gasteiger partial charge in [0.2, 0.25) is 5.78 Å². The van der Waals surface area contributed by atoms with Crippen LogP contribution in [0.15, 0.2) is 18.2 Å². The Morgan fingerprint density at radius 1 is 1.11 bits per heavy atom. The fraction of sp³-hybridized carbons (Fsp3) is 0.462. The zero-order valence-corrected chi connectivity index (χ0v) is 20.1. The maximum absolute atomic E-state index is 13.6. The molecule has 1 fully saturated rings. The Bertz CT molecular complexity index is 1260. The van der Waals surface area contributed by atoms with Gasteiger partial charge in [-0.05, 0) is 19.9 Å². The number of carbonyl (C=O) groups is 2. The third-order valence-electron chi connectivity index (χ3n) is 7.33. The molecule has 2 aliphatic carbocycles. The highest BCUT2D eigenvalue weighted by atomic mass is 16.7. The summed E-state index contributed by atoms with van der Waals surface area (Å²) in [5.74, 6) is -2.12. The molecule has 3 aliphatic rings. The van der Waals surface area contributed by atoms with E-state index in [9.17, 15) is 30.0 Å². The van der Waals surface area contributed by atoms with Gasteiger partial charge in [-0.15, -0.1) is 0 Å². The molecular weight excluding hydrogens is 470 g/mol. The van der Waals surface area contributed by atoms with Crippen LogP contribution in [-0.4, -0.2) is 69.2 Å². The summed E-state index contributed by atoms with van der Waals surface area (Å²) in [5, 5.41) is 43.7. The van der Waals surface area contributed by atoms with E-state index in [4.69, 9.17) is 19.9 Å². The standard InChI is InChI=1S/C26H29NO9/c1-10-21(28)13(27)7-16(35-10)36-15-9-26(2,33)8-12-18(15)25(32)20-19(23(12)30)22(29)11-5-4-6-14(34-3)17(11)24(20)31/h4-6,10,13,15-16,21,28,30,32-33H,7-9,27H2,1-3H3/t10-,13-,15-,16-,21-,26-/m0/s1. The summed E-state index contributed by atoms with van der Waals surface area (Å²) >= 11 is 0. The van der Waals surface area contributed by atoms with E-state index in [0.29, 0.717) is 0 Å². The SMILES string of the molecule is COc1cccc2c1C(=O)c1c(O)c3c(c(O)c1C2=O)C[C@](C)(O)C[C@@H]3O[C@H]1C[C@H](N)[C@@H](O)[C@H](C)O1. The highest BCUT2D eigenvalue weighted by molar-refractivity contribution is 6.31. The van der Waals surface area contributed by atoms with E-state index in [-0.39, 0.29) is 58.4 Å². The Hall–Kier alpha value is -3.02. The van der Waals surface area contributed by atoms with Gasteiger partial charge in [0.05, 0.1) is 47.7 Å². The van der Waals surface area contributed by atoms with E-state index >= 15 is 0 Å². The number of aliphatic hydroxyl groups is 2. The van der Waals surface area contributed by atoms with E-state index in [1.807, 2.05) is 0 Å². The summed E-state index contributed by atoms with van der Waals surface area (Å²) in [6.45, 7) is 3.20.